The minimum absolute atomic E-state index is 0.140. The van der Waals surface area contributed by atoms with E-state index < -0.39 is 0 Å². The highest BCUT2D eigenvalue weighted by Crippen LogP contribution is 2.22. The van der Waals surface area contributed by atoms with Gasteiger partial charge in [0.25, 0.3) is 0 Å². The highest BCUT2D eigenvalue weighted by Gasteiger charge is 2.19. The number of carbonyl (C=O) groups excluding carboxylic acids is 1. The Bertz CT molecular complexity index is 507. The molecule has 1 fully saturated rings. The maximum absolute atomic E-state index is 12.2. The number of rotatable bonds is 2. The van der Waals surface area contributed by atoms with Gasteiger partial charge in [-0.2, -0.15) is 0 Å². The normalized spacial score (nSPS) is 20.0. The third-order valence-corrected chi connectivity index (χ3v) is 4.16. The summed E-state index contributed by atoms with van der Waals surface area (Å²) in [5, 5.41) is 0. The molecule has 114 valence electrons. The van der Waals surface area contributed by atoms with E-state index in [1.54, 1.807) is 6.08 Å². The molecule has 1 aliphatic heterocycles. The Labute approximate surface area is 128 Å². The summed E-state index contributed by atoms with van der Waals surface area (Å²) in [6, 6.07) is 8.46. The van der Waals surface area contributed by atoms with Crippen molar-refractivity contribution in [2.45, 2.75) is 46.0 Å². The lowest BCUT2D eigenvalue weighted by atomic mass is 9.87. The fourth-order valence-electron chi connectivity index (χ4n) is 2.76. The summed E-state index contributed by atoms with van der Waals surface area (Å²) in [5.41, 5.74) is 2.57. The number of carbonyl (C=O) groups is 1. The van der Waals surface area contributed by atoms with Gasteiger partial charge < -0.3 is 4.90 Å². The van der Waals surface area contributed by atoms with E-state index in [0.717, 1.165) is 25.1 Å². The van der Waals surface area contributed by atoms with Crippen molar-refractivity contribution in [1.29, 1.82) is 0 Å². The minimum Gasteiger partial charge on any atom is -0.339 e. The molecule has 0 unspecified atom stereocenters. The van der Waals surface area contributed by atoms with Crippen LogP contribution in [0.15, 0.2) is 30.3 Å². The summed E-state index contributed by atoms with van der Waals surface area (Å²) in [5.74, 6) is 0.767. The molecule has 0 N–H and O–H groups in total. The number of amides is 1. The van der Waals surface area contributed by atoms with Crippen LogP contribution in [0.25, 0.3) is 6.08 Å². The van der Waals surface area contributed by atoms with E-state index in [1.807, 2.05) is 11.0 Å². The molecule has 0 aromatic heterocycles. The molecule has 1 saturated heterocycles. The Morgan fingerprint density at radius 1 is 1.24 bits per heavy atom. The monoisotopic (exact) mass is 285 g/mol. The van der Waals surface area contributed by atoms with Crippen molar-refractivity contribution in [1.82, 2.24) is 4.90 Å². The van der Waals surface area contributed by atoms with Gasteiger partial charge in [0.2, 0.25) is 5.91 Å². The molecule has 0 radical (unpaired) electrons. The predicted molar refractivity (Wildman–Crippen MR) is 89.2 cm³/mol. The van der Waals surface area contributed by atoms with Gasteiger partial charge in [0, 0.05) is 19.2 Å². The molecule has 0 bridgehead atoms. The Kier molecular flexibility index (Phi) is 4.87. The molecule has 2 heteroatoms. The number of nitrogens with zero attached hydrogens (tertiary/aromatic N) is 1. The molecule has 1 atom stereocenters. The molecule has 0 aliphatic carbocycles. The van der Waals surface area contributed by atoms with Crippen LogP contribution >= 0.6 is 0 Å². The van der Waals surface area contributed by atoms with E-state index >= 15 is 0 Å². The van der Waals surface area contributed by atoms with Crippen molar-refractivity contribution in [2.75, 3.05) is 13.1 Å². The van der Waals surface area contributed by atoms with Crippen LogP contribution in [0.5, 0.6) is 0 Å². The van der Waals surface area contributed by atoms with Crippen LogP contribution < -0.4 is 0 Å². The predicted octanol–water partition coefficient (Wildman–Crippen LogP) is 4.26. The molecule has 0 spiro atoms. The van der Waals surface area contributed by atoms with Gasteiger partial charge in [-0.15, -0.1) is 0 Å². The van der Waals surface area contributed by atoms with Crippen molar-refractivity contribution in [3.05, 3.63) is 41.5 Å². The van der Waals surface area contributed by atoms with Gasteiger partial charge in [-0.25, -0.2) is 0 Å². The number of benzene rings is 1. The first kappa shape index (κ1) is 15.8. The van der Waals surface area contributed by atoms with Gasteiger partial charge in [-0.05, 0) is 41.4 Å². The number of likely N-dealkylation sites (tertiary alicyclic amines) is 1. The Hall–Kier alpha value is -1.57. The van der Waals surface area contributed by atoms with Gasteiger partial charge in [-0.1, -0.05) is 52.0 Å². The second-order valence-electron chi connectivity index (χ2n) is 7.24. The lowest BCUT2D eigenvalue weighted by Crippen LogP contribution is -2.38. The Morgan fingerprint density at radius 2 is 1.90 bits per heavy atom. The summed E-state index contributed by atoms with van der Waals surface area (Å²) >= 11 is 0. The maximum Gasteiger partial charge on any atom is 0.246 e. The van der Waals surface area contributed by atoms with E-state index in [1.165, 1.54) is 12.0 Å². The van der Waals surface area contributed by atoms with Gasteiger partial charge >= 0.3 is 0 Å². The Morgan fingerprint density at radius 3 is 2.48 bits per heavy atom. The zero-order chi connectivity index (χ0) is 15.5. The molecule has 0 saturated carbocycles. The summed E-state index contributed by atoms with van der Waals surface area (Å²) in [6.45, 7) is 10.6. The molecule has 2 nitrogen and oxygen atoms in total. The van der Waals surface area contributed by atoms with Crippen LogP contribution in [0.4, 0.5) is 0 Å². The van der Waals surface area contributed by atoms with Crippen LogP contribution in [-0.4, -0.2) is 23.9 Å². The fourth-order valence-corrected chi connectivity index (χ4v) is 2.76. The van der Waals surface area contributed by atoms with E-state index in [2.05, 4.69) is 52.0 Å². The average Bonchev–Trinajstić information content (AvgIpc) is 2.44. The zero-order valence-corrected chi connectivity index (χ0v) is 13.7. The van der Waals surface area contributed by atoms with Crippen molar-refractivity contribution in [3.63, 3.8) is 0 Å². The fraction of sp³-hybridized carbons (Fsp3) is 0.526. The van der Waals surface area contributed by atoms with Crippen LogP contribution in [0, 0.1) is 5.92 Å². The second-order valence-corrected chi connectivity index (χ2v) is 7.24. The van der Waals surface area contributed by atoms with Crippen LogP contribution in [0.2, 0.25) is 0 Å². The topological polar surface area (TPSA) is 20.3 Å². The molecule has 1 heterocycles. The molecular weight excluding hydrogens is 258 g/mol. The van der Waals surface area contributed by atoms with Crippen LogP contribution in [0.1, 0.15) is 51.7 Å². The number of hydrogen-bond donors (Lipinski definition) is 0. The van der Waals surface area contributed by atoms with E-state index in [0.29, 0.717) is 5.92 Å². The highest BCUT2D eigenvalue weighted by molar-refractivity contribution is 5.91. The van der Waals surface area contributed by atoms with E-state index in [9.17, 15) is 4.79 Å². The molecule has 21 heavy (non-hydrogen) atoms. The summed E-state index contributed by atoms with van der Waals surface area (Å²) in [4.78, 5) is 14.1. The van der Waals surface area contributed by atoms with Crippen molar-refractivity contribution in [3.8, 4) is 0 Å². The summed E-state index contributed by atoms with van der Waals surface area (Å²) in [6.07, 6.45) is 6.00. The summed E-state index contributed by atoms with van der Waals surface area (Å²) < 4.78 is 0. The molecule has 1 aromatic carbocycles. The average molecular weight is 285 g/mol. The van der Waals surface area contributed by atoms with Crippen molar-refractivity contribution < 1.29 is 4.79 Å². The third-order valence-electron chi connectivity index (χ3n) is 4.16. The van der Waals surface area contributed by atoms with Gasteiger partial charge in [0.05, 0.1) is 0 Å². The standard InChI is InChI=1S/C19H27NO/c1-15-6-5-13-20(14-15)18(21)12-9-16-7-10-17(11-8-16)19(2,3)4/h7-12,15H,5-6,13-14H2,1-4H3/b12-9+/t15-/m1/s1. The smallest absolute Gasteiger partial charge is 0.246 e. The first-order valence-corrected chi connectivity index (χ1v) is 7.94. The number of piperidine rings is 1. The number of hydrogen-bond acceptors (Lipinski definition) is 1. The van der Waals surface area contributed by atoms with Crippen LogP contribution in [0.3, 0.4) is 0 Å². The Balaban J connectivity index is 1.99. The first-order valence-electron chi connectivity index (χ1n) is 7.94. The lowest BCUT2D eigenvalue weighted by molar-refractivity contribution is -0.127. The maximum atomic E-state index is 12.2. The third kappa shape index (κ3) is 4.45. The SMILES string of the molecule is C[C@@H]1CCCN(C(=O)/C=C/c2ccc(C(C)(C)C)cc2)C1. The summed E-state index contributed by atoms with van der Waals surface area (Å²) in [7, 11) is 0. The largest absolute Gasteiger partial charge is 0.339 e. The lowest BCUT2D eigenvalue weighted by Gasteiger charge is -2.30. The molecule has 1 aliphatic rings. The second kappa shape index (κ2) is 6.46. The minimum atomic E-state index is 0.140. The highest BCUT2D eigenvalue weighted by atomic mass is 16.2. The van der Waals surface area contributed by atoms with Crippen molar-refractivity contribution in [2.24, 2.45) is 5.92 Å². The molecule has 2 rings (SSSR count). The van der Waals surface area contributed by atoms with Gasteiger partial charge in [-0.3, -0.25) is 4.79 Å². The van der Waals surface area contributed by atoms with Gasteiger partial charge in [0.15, 0.2) is 0 Å². The zero-order valence-electron chi connectivity index (χ0n) is 13.7. The first-order chi connectivity index (χ1) is 9.86. The molecule has 1 amide bonds. The van der Waals surface area contributed by atoms with Gasteiger partial charge in [0.1, 0.15) is 0 Å². The quantitative estimate of drug-likeness (QED) is 0.744. The van der Waals surface area contributed by atoms with E-state index in [4.69, 9.17) is 0 Å². The molecule has 1 aromatic rings. The van der Waals surface area contributed by atoms with E-state index in [-0.39, 0.29) is 11.3 Å². The molecular formula is C19H27NO. The van der Waals surface area contributed by atoms with Crippen LogP contribution in [-0.2, 0) is 10.2 Å². The van der Waals surface area contributed by atoms with Crippen molar-refractivity contribution >= 4 is 12.0 Å².